The van der Waals surface area contributed by atoms with Gasteiger partial charge in [-0.2, -0.15) is 0 Å². The van der Waals surface area contributed by atoms with Crippen LogP contribution < -0.4 is 5.73 Å². The van der Waals surface area contributed by atoms with Gasteiger partial charge in [0, 0.05) is 31.2 Å². The van der Waals surface area contributed by atoms with Gasteiger partial charge < -0.3 is 5.73 Å². The molecule has 0 spiro atoms. The zero-order chi connectivity index (χ0) is 14.5. The van der Waals surface area contributed by atoms with Crippen LogP contribution in [0.25, 0.3) is 0 Å². The summed E-state index contributed by atoms with van der Waals surface area (Å²) in [6, 6.07) is 3.79. The van der Waals surface area contributed by atoms with Crippen molar-refractivity contribution in [2.24, 2.45) is 5.73 Å². The zero-order valence-corrected chi connectivity index (χ0v) is 12.6. The smallest absolute Gasteiger partial charge is 0.148 e. The molecule has 1 rings (SSSR count). The molecule has 0 bridgehead atoms. The topological polar surface area (TPSA) is 76.3 Å². The van der Waals surface area contributed by atoms with Crippen molar-refractivity contribution in [3.63, 3.8) is 0 Å². The lowest BCUT2D eigenvalue weighted by atomic mass is 9.98. The van der Waals surface area contributed by atoms with Gasteiger partial charge in [-0.1, -0.05) is 13.0 Å². The highest BCUT2D eigenvalue weighted by molar-refractivity contribution is 7.90. The van der Waals surface area contributed by atoms with E-state index in [2.05, 4.69) is 4.98 Å². The van der Waals surface area contributed by atoms with Gasteiger partial charge in [0.05, 0.1) is 11.8 Å². The number of nitrogens with two attached hydrogens (primary N) is 1. The predicted molar refractivity (Wildman–Crippen MR) is 77.6 cm³/mol. The normalized spacial score (nSPS) is 15.4. The molecule has 108 valence electrons. The van der Waals surface area contributed by atoms with Gasteiger partial charge in [0.2, 0.25) is 0 Å². The lowest BCUT2D eigenvalue weighted by Crippen LogP contribution is -2.40. The van der Waals surface area contributed by atoms with E-state index in [1.54, 1.807) is 12.4 Å². The molecule has 19 heavy (non-hydrogen) atoms. The first-order chi connectivity index (χ1) is 8.85. The molecular formula is C13H23N3O2S. The van der Waals surface area contributed by atoms with Crippen LogP contribution in [-0.2, 0) is 9.84 Å². The maximum absolute atomic E-state index is 11.3. The van der Waals surface area contributed by atoms with Crippen LogP contribution in [0.4, 0.5) is 0 Å². The van der Waals surface area contributed by atoms with Crippen molar-refractivity contribution >= 4 is 9.84 Å². The van der Waals surface area contributed by atoms with Crippen LogP contribution in [0.5, 0.6) is 0 Å². The minimum absolute atomic E-state index is 0.0135. The molecule has 5 nitrogen and oxygen atoms in total. The van der Waals surface area contributed by atoms with Gasteiger partial charge in [0.1, 0.15) is 9.84 Å². The first-order valence-electron chi connectivity index (χ1n) is 6.38. The highest BCUT2D eigenvalue weighted by atomic mass is 32.2. The summed E-state index contributed by atoms with van der Waals surface area (Å²) in [4.78, 5) is 6.11. The van der Waals surface area contributed by atoms with E-state index in [0.29, 0.717) is 6.54 Å². The lowest BCUT2D eigenvalue weighted by Gasteiger charge is -2.32. The summed E-state index contributed by atoms with van der Waals surface area (Å²) in [6.45, 7) is 2.49. The van der Waals surface area contributed by atoms with Crippen molar-refractivity contribution in [1.29, 1.82) is 0 Å². The molecule has 0 aromatic carbocycles. The summed E-state index contributed by atoms with van der Waals surface area (Å²) in [7, 11) is -1.06. The second-order valence-corrected chi connectivity index (χ2v) is 7.17. The Labute approximate surface area is 115 Å². The maximum Gasteiger partial charge on any atom is 0.148 e. The van der Waals surface area contributed by atoms with Crippen LogP contribution in [0.1, 0.15) is 24.9 Å². The SMILES string of the molecule is CCC(N)C(c1cccnc1)N(C)CCS(C)(=O)=O. The van der Waals surface area contributed by atoms with Crippen molar-refractivity contribution in [2.75, 3.05) is 25.6 Å². The van der Waals surface area contributed by atoms with Gasteiger partial charge in [-0.25, -0.2) is 8.42 Å². The Morgan fingerprint density at radius 1 is 1.47 bits per heavy atom. The van der Waals surface area contributed by atoms with E-state index in [0.717, 1.165) is 12.0 Å². The average molecular weight is 285 g/mol. The van der Waals surface area contributed by atoms with Crippen molar-refractivity contribution in [3.05, 3.63) is 30.1 Å². The number of sulfone groups is 1. The second kappa shape index (κ2) is 6.98. The summed E-state index contributed by atoms with van der Waals surface area (Å²) in [5.74, 6) is 0.136. The molecule has 2 atom stereocenters. The molecule has 0 aliphatic carbocycles. The van der Waals surface area contributed by atoms with Crippen LogP contribution in [0, 0.1) is 0 Å². The quantitative estimate of drug-likeness (QED) is 0.803. The zero-order valence-electron chi connectivity index (χ0n) is 11.8. The van der Waals surface area contributed by atoms with Crippen LogP contribution in [-0.4, -0.2) is 49.9 Å². The van der Waals surface area contributed by atoms with Gasteiger partial charge in [0.15, 0.2) is 0 Å². The Morgan fingerprint density at radius 2 is 2.16 bits per heavy atom. The number of aromatic nitrogens is 1. The molecule has 2 N–H and O–H groups in total. The third-order valence-corrected chi connectivity index (χ3v) is 4.12. The highest BCUT2D eigenvalue weighted by Gasteiger charge is 2.23. The summed E-state index contributed by atoms with van der Waals surface area (Å²) in [6.07, 6.45) is 5.58. The average Bonchev–Trinajstić information content (AvgIpc) is 2.37. The predicted octanol–water partition coefficient (Wildman–Crippen LogP) is 0.836. The fourth-order valence-corrected chi connectivity index (χ4v) is 2.67. The molecular weight excluding hydrogens is 262 g/mol. The monoisotopic (exact) mass is 285 g/mol. The van der Waals surface area contributed by atoms with E-state index in [1.807, 2.05) is 31.0 Å². The summed E-state index contributed by atoms with van der Waals surface area (Å²) in [5.41, 5.74) is 7.19. The lowest BCUT2D eigenvalue weighted by molar-refractivity contribution is 0.220. The minimum atomic E-state index is -2.97. The van der Waals surface area contributed by atoms with Crippen LogP contribution in [0.2, 0.25) is 0 Å². The Bertz CT molecular complexity index is 476. The van der Waals surface area contributed by atoms with E-state index in [1.165, 1.54) is 6.26 Å². The third kappa shape index (κ3) is 5.26. The number of hydrogen-bond donors (Lipinski definition) is 1. The number of hydrogen-bond acceptors (Lipinski definition) is 5. The molecule has 0 aliphatic heterocycles. The number of nitrogens with zero attached hydrogens (tertiary/aromatic N) is 2. The van der Waals surface area contributed by atoms with E-state index in [-0.39, 0.29) is 17.8 Å². The van der Waals surface area contributed by atoms with E-state index in [4.69, 9.17) is 5.73 Å². The molecule has 2 unspecified atom stereocenters. The second-order valence-electron chi connectivity index (χ2n) is 4.91. The van der Waals surface area contributed by atoms with E-state index < -0.39 is 9.84 Å². The molecule has 0 amide bonds. The van der Waals surface area contributed by atoms with Gasteiger partial charge >= 0.3 is 0 Å². The van der Waals surface area contributed by atoms with Gasteiger partial charge in [-0.15, -0.1) is 0 Å². The summed E-state index contributed by atoms with van der Waals surface area (Å²) >= 11 is 0. The van der Waals surface area contributed by atoms with Gasteiger partial charge in [-0.3, -0.25) is 9.88 Å². The Balaban J connectivity index is 2.86. The van der Waals surface area contributed by atoms with Crippen molar-refractivity contribution in [3.8, 4) is 0 Å². The molecule has 0 aliphatic rings. The van der Waals surface area contributed by atoms with Crippen molar-refractivity contribution in [2.45, 2.75) is 25.4 Å². The highest BCUT2D eigenvalue weighted by Crippen LogP contribution is 2.22. The number of pyridine rings is 1. The van der Waals surface area contributed by atoms with E-state index >= 15 is 0 Å². The molecule has 1 aromatic heterocycles. The van der Waals surface area contributed by atoms with Crippen LogP contribution >= 0.6 is 0 Å². The summed E-state index contributed by atoms with van der Waals surface area (Å²) in [5, 5.41) is 0. The fraction of sp³-hybridized carbons (Fsp3) is 0.615. The Kier molecular flexibility index (Phi) is 5.90. The van der Waals surface area contributed by atoms with Crippen molar-refractivity contribution in [1.82, 2.24) is 9.88 Å². The maximum atomic E-state index is 11.3. The molecule has 0 saturated carbocycles. The fourth-order valence-electron chi connectivity index (χ4n) is 2.05. The number of likely N-dealkylation sites (N-methyl/N-ethyl adjacent to an activating group) is 1. The molecule has 1 aromatic rings. The van der Waals surface area contributed by atoms with E-state index in [9.17, 15) is 8.42 Å². The van der Waals surface area contributed by atoms with Crippen LogP contribution in [0.3, 0.4) is 0 Å². The molecule has 0 fully saturated rings. The number of rotatable bonds is 7. The van der Waals surface area contributed by atoms with Gasteiger partial charge in [-0.05, 0) is 25.1 Å². The van der Waals surface area contributed by atoms with Gasteiger partial charge in [0.25, 0.3) is 0 Å². The summed E-state index contributed by atoms with van der Waals surface area (Å²) < 4.78 is 22.5. The largest absolute Gasteiger partial charge is 0.326 e. The van der Waals surface area contributed by atoms with Crippen molar-refractivity contribution < 1.29 is 8.42 Å². The standard InChI is InChI=1S/C13H23N3O2S/c1-4-12(14)13(11-6-5-7-15-10-11)16(2)8-9-19(3,17)18/h5-7,10,12-13H,4,8-9,14H2,1-3H3. The molecule has 0 saturated heterocycles. The van der Waals surface area contributed by atoms with Crippen LogP contribution in [0.15, 0.2) is 24.5 Å². The first kappa shape index (κ1) is 16.1. The molecule has 0 radical (unpaired) electrons. The first-order valence-corrected chi connectivity index (χ1v) is 8.44. The molecule has 1 heterocycles. The third-order valence-electron chi connectivity index (χ3n) is 3.19. The minimum Gasteiger partial charge on any atom is -0.326 e. The Morgan fingerprint density at radius 3 is 2.63 bits per heavy atom. The molecule has 6 heteroatoms. The Hall–Kier alpha value is -0.980.